The number of fused-ring (bicyclic) bond motifs is 4. The third-order valence-corrected chi connectivity index (χ3v) is 7.51. The number of rotatable bonds is 4. The van der Waals surface area contributed by atoms with Gasteiger partial charge in [0.1, 0.15) is 5.76 Å². The molecule has 2 aromatic rings. The summed E-state index contributed by atoms with van der Waals surface area (Å²) in [5.74, 6) is 1.05. The van der Waals surface area contributed by atoms with Crippen molar-refractivity contribution < 1.29 is 13.9 Å². The highest BCUT2D eigenvalue weighted by molar-refractivity contribution is 7.16. The Morgan fingerprint density at radius 3 is 2.96 bits per heavy atom. The first-order valence-corrected chi connectivity index (χ1v) is 10.8. The molecule has 2 atom stereocenters. The number of nitrogens with zero attached hydrogens (tertiary/aromatic N) is 4. The van der Waals surface area contributed by atoms with E-state index in [2.05, 4.69) is 16.8 Å². The molecule has 5 heterocycles. The van der Waals surface area contributed by atoms with Crippen molar-refractivity contribution in [3.05, 3.63) is 34.2 Å². The van der Waals surface area contributed by atoms with Crippen molar-refractivity contribution in [2.75, 3.05) is 45.3 Å². The van der Waals surface area contributed by atoms with Crippen LogP contribution in [0.3, 0.4) is 0 Å². The van der Waals surface area contributed by atoms with E-state index < -0.39 is 0 Å². The maximum Gasteiger partial charge on any atom is 0.295 e. The van der Waals surface area contributed by atoms with Gasteiger partial charge in [-0.2, -0.15) is 0 Å². The fraction of sp³-hybridized carbons (Fsp3) is 0.600. The second-order valence-electron chi connectivity index (χ2n) is 7.94. The molecule has 1 amide bonds. The van der Waals surface area contributed by atoms with Gasteiger partial charge in [0.05, 0.1) is 25.5 Å². The van der Waals surface area contributed by atoms with E-state index in [0.717, 1.165) is 43.6 Å². The Kier molecular flexibility index (Phi) is 4.74. The zero-order valence-corrected chi connectivity index (χ0v) is 17.2. The molecule has 150 valence electrons. The highest BCUT2D eigenvalue weighted by atomic mass is 32.1. The Labute approximate surface area is 168 Å². The Balaban J connectivity index is 1.30. The van der Waals surface area contributed by atoms with E-state index in [1.165, 1.54) is 23.4 Å². The van der Waals surface area contributed by atoms with Gasteiger partial charge < -0.3 is 9.15 Å². The zero-order valence-electron chi connectivity index (χ0n) is 16.4. The molecule has 2 fully saturated rings. The number of ether oxygens (including phenoxy) is 1. The van der Waals surface area contributed by atoms with Crippen molar-refractivity contribution >= 4 is 22.4 Å². The number of anilines is 1. The van der Waals surface area contributed by atoms with Crippen LogP contribution in [0.25, 0.3) is 0 Å². The van der Waals surface area contributed by atoms with Crippen molar-refractivity contribution in [1.29, 1.82) is 0 Å². The minimum atomic E-state index is -0.141. The van der Waals surface area contributed by atoms with Gasteiger partial charge >= 0.3 is 0 Å². The molecule has 0 radical (unpaired) electrons. The molecule has 0 saturated carbocycles. The molecule has 3 aliphatic heterocycles. The largest absolute Gasteiger partial charge is 0.455 e. The maximum atomic E-state index is 12.9. The summed E-state index contributed by atoms with van der Waals surface area (Å²) >= 11 is 1.65. The molecule has 0 aliphatic carbocycles. The van der Waals surface area contributed by atoms with Crippen LogP contribution < -0.4 is 4.90 Å². The van der Waals surface area contributed by atoms with Gasteiger partial charge in [-0.3, -0.25) is 19.5 Å². The van der Waals surface area contributed by atoms with Crippen LogP contribution in [-0.2, 0) is 17.7 Å². The molecule has 3 aliphatic rings. The number of aromatic nitrogens is 1. The van der Waals surface area contributed by atoms with Crippen LogP contribution in [0, 0.1) is 0 Å². The first-order valence-electron chi connectivity index (χ1n) is 9.98. The predicted molar refractivity (Wildman–Crippen MR) is 107 cm³/mol. The van der Waals surface area contributed by atoms with Crippen molar-refractivity contribution in [1.82, 2.24) is 14.8 Å². The summed E-state index contributed by atoms with van der Waals surface area (Å²) in [4.78, 5) is 25.5. The Morgan fingerprint density at radius 2 is 2.14 bits per heavy atom. The van der Waals surface area contributed by atoms with Crippen molar-refractivity contribution in [2.45, 2.75) is 37.9 Å². The molecule has 2 aromatic heterocycles. The lowest BCUT2D eigenvalue weighted by Gasteiger charge is -2.29. The molecular weight excluding hydrogens is 376 g/mol. The van der Waals surface area contributed by atoms with Gasteiger partial charge in [0.15, 0.2) is 10.9 Å². The highest BCUT2D eigenvalue weighted by Gasteiger charge is 2.40. The maximum absolute atomic E-state index is 12.9. The number of furan rings is 1. The Hall–Kier alpha value is -1.74. The summed E-state index contributed by atoms with van der Waals surface area (Å²) in [5.41, 5.74) is 1.18. The lowest BCUT2D eigenvalue weighted by Crippen LogP contribution is -2.35. The minimum absolute atomic E-state index is 0.141. The van der Waals surface area contributed by atoms with Gasteiger partial charge in [-0.1, -0.05) is 11.3 Å². The molecule has 0 spiro atoms. The quantitative estimate of drug-likeness (QED) is 0.783. The summed E-state index contributed by atoms with van der Waals surface area (Å²) in [6, 6.07) is 4.74. The van der Waals surface area contributed by atoms with Gasteiger partial charge in [-0.25, -0.2) is 4.98 Å². The lowest BCUT2D eigenvalue weighted by molar-refractivity contribution is 0.0311. The lowest BCUT2D eigenvalue weighted by atomic mass is 10.1. The number of carbonyl (C=O) groups is 1. The Morgan fingerprint density at radius 1 is 1.32 bits per heavy atom. The number of likely N-dealkylation sites (N-methyl/N-ethyl adjacent to an activating group) is 1. The van der Waals surface area contributed by atoms with Crippen LogP contribution in [0.1, 0.15) is 45.8 Å². The van der Waals surface area contributed by atoms with Crippen LogP contribution in [-0.4, -0.2) is 67.1 Å². The van der Waals surface area contributed by atoms with Gasteiger partial charge in [0, 0.05) is 43.5 Å². The van der Waals surface area contributed by atoms with Crippen LogP contribution in [0.5, 0.6) is 0 Å². The van der Waals surface area contributed by atoms with Crippen LogP contribution in [0.2, 0.25) is 0 Å². The summed E-state index contributed by atoms with van der Waals surface area (Å²) in [6.07, 6.45) is 3.43. The number of hydrogen-bond acceptors (Lipinski definition) is 7. The number of amides is 1. The summed E-state index contributed by atoms with van der Waals surface area (Å²) in [5, 5.41) is 0.766. The third-order valence-electron chi connectivity index (χ3n) is 6.24. The van der Waals surface area contributed by atoms with E-state index in [0.29, 0.717) is 24.4 Å². The monoisotopic (exact) mass is 402 g/mol. The van der Waals surface area contributed by atoms with E-state index in [9.17, 15) is 4.79 Å². The minimum Gasteiger partial charge on any atom is -0.455 e. The molecular formula is C20H26N4O3S. The van der Waals surface area contributed by atoms with E-state index >= 15 is 0 Å². The SMILES string of the molecule is CN(C(=O)c1ccc(CN2CCOCC2)o1)c1nc2c(s1)[C@H]1CC[C@H](C2)N1C. The van der Waals surface area contributed by atoms with Crippen molar-refractivity contribution in [3.63, 3.8) is 0 Å². The molecule has 0 aromatic carbocycles. The molecule has 28 heavy (non-hydrogen) atoms. The zero-order chi connectivity index (χ0) is 19.3. The van der Waals surface area contributed by atoms with E-state index in [4.69, 9.17) is 14.1 Å². The van der Waals surface area contributed by atoms with Crippen LogP contribution in [0.15, 0.2) is 16.5 Å². The molecule has 2 bridgehead atoms. The fourth-order valence-corrected chi connectivity index (χ4v) is 5.75. The highest BCUT2D eigenvalue weighted by Crippen LogP contribution is 2.46. The Bertz CT molecular complexity index is 873. The number of thiazole rings is 1. The van der Waals surface area contributed by atoms with E-state index in [1.54, 1.807) is 29.4 Å². The van der Waals surface area contributed by atoms with Crippen LogP contribution >= 0.6 is 11.3 Å². The summed E-state index contributed by atoms with van der Waals surface area (Å²) < 4.78 is 11.2. The van der Waals surface area contributed by atoms with Gasteiger partial charge in [-0.15, -0.1) is 0 Å². The van der Waals surface area contributed by atoms with E-state index in [1.807, 2.05) is 6.07 Å². The molecule has 5 rings (SSSR count). The molecule has 0 unspecified atom stereocenters. The smallest absolute Gasteiger partial charge is 0.295 e. The number of carbonyl (C=O) groups excluding carboxylic acids is 1. The standard InChI is InChI=1S/C20H26N4O3S/c1-22-13-3-5-16(22)18-15(11-13)21-20(28-18)23(2)19(25)17-6-4-14(27-17)12-24-7-9-26-10-8-24/h4,6,13,16H,3,5,7-12H2,1-2H3/t13-,16-/m1/s1. The first kappa shape index (κ1) is 18.3. The van der Waals surface area contributed by atoms with Crippen molar-refractivity contribution in [3.8, 4) is 0 Å². The van der Waals surface area contributed by atoms with Crippen LogP contribution in [0.4, 0.5) is 5.13 Å². The summed E-state index contributed by atoms with van der Waals surface area (Å²) in [6.45, 7) is 4.00. The average molecular weight is 403 g/mol. The summed E-state index contributed by atoms with van der Waals surface area (Å²) in [7, 11) is 4.00. The van der Waals surface area contributed by atoms with E-state index in [-0.39, 0.29) is 5.91 Å². The normalized spacial score (nSPS) is 25.1. The van der Waals surface area contributed by atoms with Gasteiger partial charge in [0.2, 0.25) is 0 Å². The number of hydrogen-bond donors (Lipinski definition) is 0. The number of morpholine rings is 1. The fourth-order valence-electron chi connectivity index (χ4n) is 4.51. The second kappa shape index (κ2) is 7.26. The second-order valence-corrected chi connectivity index (χ2v) is 8.95. The molecule has 2 saturated heterocycles. The van der Waals surface area contributed by atoms with Gasteiger partial charge in [-0.05, 0) is 32.0 Å². The average Bonchev–Trinajstić information content (AvgIpc) is 3.40. The van der Waals surface area contributed by atoms with Crippen molar-refractivity contribution in [2.24, 2.45) is 0 Å². The topological polar surface area (TPSA) is 62.1 Å². The molecule has 7 nitrogen and oxygen atoms in total. The molecule has 8 heteroatoms. The van der Waals surface area contributed by atoms with Gasteiger partial charge in [0.25, 0.3) is 5.91 Å². The molecule has 0 N–H and O–H groups in total. The first-order chi connectivity index (χ1) is 13.6. The predicted octanol–water partition coefficient (Wildman–Crippen LogP) is 2.54. The third kappa shape index (κ3) is 3.18.